The van der Waals surface area contributed by atoms with Gasteiger partial charge >= 0.3 is 0 Å². The Kier molecular flexibility index (Phi) is 8.38. The number of phenols is 1. The summed E-state index contributed by atoms with van der Waals surface area (Å²) in [5, 5.41) is 12.3. The van der Waals surface area contributed by atoms with E-state index in [1.807, 2.05) is 78.9 Å². The largest absolute Gasteiger partial charge is 0.507 e. The lowest BCUT2D eigenvalue weighted by Gasteiger charge is -2.23. The van der Waals surface area contributed by atoms with Crippen molar-refractivity contribution in [2.75, 3.05) is 14.2 Å². The summed E-state index contributed by atoms with van der Waals surface area (Å²) >= 11 is 0. The smallest absolute Gasteiger partial charge is 0.258 e. The molecule has 5 aromatic carbocycles. The van der Waals surface area contributed by atoms with Crippen molar-refractivity contribution in [1.82, 2.24) is 9.88 Å². The van der Waals surface area contributed by atoms with Crippen LogP contribution in [0.4, 0.5) is 4.39 Å². The fraction of sp³-hybridized carbons (Fsp3) is 0.150. The van der Waals surface area contributed by atoms with Crippen LogP contribution in [0.2, 0.25) is 0 Å². The lowest BCUT2D eigenvalue weighted by molar-refractivity contribution is 0.0761. The van der Waals surface area contributed by atoms with Crippen molar-refractivity contribution in [3.63, 3.8) is 0 Å². The Morgan fingerprint density at radius 3 is 2.19 bits per heavy atom. The zero-order valence-electron chi connectivity index (χ0n) is 26.5. The Balaban J connectivity index is 1.36. The van der Waals surface area contributed by atoms with Crippen molar-refractivity contribution in [2.24, 2.45) is 0 Å². The van der Waals surface area contributed by atoms with Crippen LogP contribution in [0.25, 0.3) is 10.9 Å². The molecule has 0 fully saturated rings. The second-order valence-corrected chi connectivity index (χ2v) is 11.7. The minimum Gasteiger partial charge on any atom is -0.507 e. The zero-order chi connectivity index (χ0) is 33.2. The molecule has 0 saturated heterocycles. The molecular weight excluding hydrogens is 607 g/mol. The van der Waals surface area contributed by atoms with Crippen LogP contribution in [0.15, 0.2) is 115 Å². The van der Waals surface area contributed by atoms with Gasteiger partial charge in [-0.05, 0) is 59.0 Å². The summed E-state index contributed by atoms with van der Waals surface area (Å²) in [5.74, 6) is 0.920. The first kappa shape index (κ1) is 30.7. The molecular formula is C40H33FN2O5. The molecule has 1 aliphatic rings. The van der Waals surface area contributed by atoms with Gasteiger partial charge in [-0.1, -0.05) is 72.8 Å². The number of phenolic OH excluding ortho intramolecular Hbond substituents is 1. The number of benzene rings is 5. The monoisotopic (exact) mass is 640 g/mol. The summed E-state index contributed by atoms with van der Waals surface area (Å²) in [6, 6.07) is 33.2. The van der Waals surface area contributed by atoms with Gasteiger partial charge < -0.3 is 24.2 Å². The fourth-order valence-corrected chi connectivity index (χ4v) is 6.27. The molecule has 1 aliphatic heterocycles. The van der Waals surface area contributed by atoms with Gasteiger partial charge in [0.1, 0.15) is 34.7 Å². The van der Waals surface area contributed by atoms with Gasteiger partial charge in [0, 0.05) is 35.3 Å². The number of rotatable bonds is 10. The highest BCUT2D eigenvalue weighted by Gasteiger charge is 2.37. The minimum atomic E-state index is -0.562. The highest BCUT2D eigenvalue weighted by molar-refractivity contribution is 6.09. The fourth-order valence-electron chi connectivity index (χ4n) is 6.27. The standard InChI is InChI=1S/C40H33FN2O5/c1-46-31-18-15-29(34(21-31)47-2)23-43-24-33-35(40(43)45)39(48-38(27-9-5-3-6-10-27)28-11-7-4-8-12-28)36-32(37(33)44)20-26(22-42-36)19-25-13-16-30(41)17-14-25/h3-18,20-22,38,44H,19,23-24H2,1-2H3. The Morgan fingerprint density at radius 2 is 1.54 bits per heavy atom. The van der Waals surface area contributed by atoms with E-state index in [4.69, 9.17) is 19.2 Å². The van der Waals surface area contributed by atoms with E-state index in [1.165, 1.54) is 12.1 Å². The van der Waals surface area contributed by atoms with E-state index in [1.54, 1.807) is 43.5 Å². The second-order valence-electron chi connectivity index (χ2n) is 11.7. The van der Waals surface area contributed by atoms with Crippen molar-refractivity contribution in [2.45, 2.75) is 25.6 Å². The number of aromatic hydroxyl groups is 1. The van der Waals surface area contributed by atoms with Crippen LogP contribution in [-0.4, -0.2) is 35.1 Å². The summed E-state index contributed by atoms with van der Waals surface area (Å²) in [6.45, 7) is 0.394. The molecule has 0 unspecified atom stereocenters. The van der Waals surface area contributed by atoms with Crippen LogP contribution >= 0.6 is 0 Å². The van der Waals surface area contributed by atoms with Crippen molar-refractivity contribution < 1.29 is 28.5 Å². The Bertz CT molecular complexity index is 2060. The average Bonchev–Trinajstić information content (AvgIpc) is 3.45. The van der Waals surface area contributed by atoms with Gasteiger partial charge in [0.05, 0.1) is 26.3 Å². The number of hydrogen-bond acceptors (Lipinski definition) is 6. The van der Waals surface area contributed by atoms with Gasteiger partial charge in [-0.25, -0.2) is 4.39 Å². The van der Waals surface area contributed by atoms with E-state index in [9.17, 15) is 14.3 Å². The van der Waals surface area contributed by atoms with Crippen LogP contribution in [0.1, 0.15) is 49.8 Å². The zero-order valence-corrected chi connectivity index (χ0v) is 26.5. The summed E-state index contributed by atoms with van der Waals surface area (Å²) < 4.78 is 31.5. The van der Waals surface area contributed by atoms with Crippen LogP contribution in [0.3, 0.4) is 0 Å². The SMILES string of the molecule is COc1ccc(CN2Cc3c(c(OC(c4ccccc4)c4ccccc4)c4ncc(Cc5ccc(F)cc5)cc4c3O)C2=O)c(OC)c1. The summed E-state index contributed by atoms with van der Waals surface area (Å²) in [5.41, 5.74) is 5.44. The Morgan fingerprint density at radius 1 is 0.854 bits per heavy atom. The summed E-state index contributed by atoms with van der Waals surface area (Å²) in [4.78, 5) is 20.8. The number of carbonyl (C=O) groups excluding carboxylic acids is 1. The van der Waals surface area contributed by atoms with Crippen molar-refractivity contribution in [1.29, 1.82) is 0 Å². The number of amides is 1. The molecule has 0 saturated carbocycles. The molecule has 1 amide bonds. The van der Waals surface area contributed by atoms with Gasteiger partial charge in [0.25, 0.3) is 5.91 Å². The number of methoxy groups -OCH3 is 2. The quantitative estimate of drug-likeness (QED) is 0.163. The number of ether oxygens (including phenoxy) is 3. The Hall–Kier alpha value is -5.89. The molecule has 0 spiro atoms. The van der Waals surface area contributed by atoms with E-state index >= 15 is 0 Å². The summed E-state index contributed by atoms with van der Waals surface area (Å²) in [7, 11) is 3.16. The maximum absolute atomic E-state index is 14.3. The van der Waals surface area contributed by atoms with E-state index in [0.717, 1.165) is 27.8 Å². The van der Waals surface area contributed by atoms with Crippen LogP contribution < -0.4 is 14.2 Å². The van der Waals surface area contributed by atoms with E-state index in [2.05, 4.69) is 0 Å². The molecule has 240 valence electrons. The normalized spacial score (nSPS) is 12.4. The van der Waals surface area contributed by atoms with Gasteiger partial charge in [-0.3, -0.25) is 9.78 Å². The van der Waals surface area contributed by atoms with Crippen LogP contribution in [0, 0.1) is 5.82 Å². The number of halogens is 1. The average molecular weight is 641 g/mol. The molecule has 8 heteroatoms. The number of nitrogens with zero attached hydrogens (tertiary/aromatic N) is 2. The van der Waals surface area contributed by atoms with Crippen LogP contribution in [-0.2, 0) is 19.5 Å². The molecule has 1 N–H and O–H groups in total. The number of aromatic nitrogens is 1. The maximum Gasteiger partial charge on any atom is 0.258 e. The van der Waals surface area contributed by atoms with Crippen molar-refractivity contribution >= 4 is 16.8 Å². The molecule has 0 bridgehead atoms. The van der Waals surface area contributed by atoms with Gasteiger partial charge in [0.15, 0.2) is 5.75 Å². The molecule has 7 nitrogen and oxygen atoms in total. The highest BCUT2D eigenvalue weighted by Crippen LogP contribution is 2.46. The molecule has 0 atom stereocenters. The first-order valence-corrected chi connectivity index (χ1v) is 15.6. The van der Waals surface area contributed by atoms with Crippen molar-refractivity contribution in [3.8, 4) is 23.0 Å². The number of hydrogen-bond donors (Lipinski definition) is 1. The summed E-state index contributed by atoms with van der Waals surface area (Å²) in [6.07, 6.45) is 1.63. The lowest BCUT2D eigenvalue weighted by atomic mass is 9.98. The molecule has 7 rings (SSSR count). The van der Waals surface area contributed by atoms with E-state index < -0.39 is 6.10 Å². The number of fused-ring (bicyclic) bond motifs is 2. The van der Waals surface area contributed by atoms with Gasteiger partial charge in [-0.2, -0.15) is 0 Å². The first-order chi connectivity index (χ1) is 23.4. The molecule has 0 radical (unpaired) electrons. The minimum absolute atomic E-state index is 0.0191. The first-order valence-electron chi connectivity index (χ1n) is 15.6. The second kappa shape index (κ2) is 13.1. The predicted molar refractivity (Wildman–Crippen MR) is 181 cm³/mol. The predicted octanol–water partition coefficient (Wildman–Crippen LogP) is 8.01. The molecule has 2 heterocycles. The van der Waals surface area contributed by atoms with Crippen molar-refractivity contribution in [3.05, 3.63) is 160 Å². The van der Waals surface area contributed by atoms with Gasteiger partial charge in [-0.15, -0.1) is 0 Å². The van der Waals surface area contributed by atoms with E-state index in [0.29, 0.717) is 40.1 Å². The number of pyridine rings is 1. The maximum atomic E-state index is 14.3. The van der Waals surface area contributed by atoms with Crippen LogP contribution in [0.5, 0.6) is 23.0 Å². The van der Waals surface area contributed by atoms with E-state index in [-0.39, 0.29) is 36.1 Å². The molecule has 6 aromatic rings. The Labute approximate surface area is 277 Å². The van der Waals surface area contributed by atoms with Gasteiger partial charge in [0.2, 0.25) is 0 Å². The lowest BCUT2D eigenvalue weighted by Crippen LogP contribution is -2.24. The molecule has 0 aliphatic carbocycles. The molecule has 48 heavy (non-hydrogen) atoms. The highest BCUT2D eigenvalue weighted by atomic mass is 19.1. The topological polar surface area (TPSA) is 81.1 Å². The third-order valence-corrected chi connectivity index (χ3v) is 8.70. The third-order valence-electron chi connectivity index (χ3n) is 8.70. The third kappa shape index (κ3) is 5.88. The number of carbonyl (C=O) groups is 1. The molecule has 1 aromatic heterocycles.